The lowest BCUT2D eigenvalue weighted by Crippen LogP contribution is -2.11. The maximum atomic E-state index is 10.9. The first-order valence-electron chi connectivity index (χ1n) is 6.28. The number of carbonyl (C=O) groups is 1. The van der Waals surface area contributed by atoms with Gasteiger partial charge in [0.25, 0.3) is 0 Å². The van der Waals surface area contributed by atoms with Crippen LogP contribution in [0.25, 0.3) is 0 Å². The van der Waals surface area contributed by atoms with E-state index in [-0.39, 0.29) is 11.7 Å². The van der Waals surface area contributed by atoms with Crippen LogP contribution in [-0.4, -0.2) is 17.7 Å². The number of anilines is 3. The van der Waals surface area contributed by atoms with Gasteiger partial charge >= 0.3 is 0 Å². The van der Waals surface area contributed by atoms with Crippen molar-refractivity contribution >= 4 is 23.0 Å². The molecule has 104 valence electrons. The average molecular weight is 271 g/mol. The highest BCUT2D eigenvalue weighted by molar-refractivity contribution is 5.88. The summed E-state index contributed by atoms with van der Waals surface area (Å²) >= 11 is 0. The molecule has 20 heavy (non-hydrogen) atoms. The molecule has 5 heteroatoms. The van der Waals surface area contributed by atoms with E-state index in [9.17, 15) is 9.90 Å². The number of amides is 1. The first kappa shape index (κ1) is 13.7. The number of carbonyl (C=O) groups excluding carboxylic acids is 1. The van der Waals surface area contributed by atoms with Crippen LogP contribution in [0, 0.1) is 0 Å². The highest BCUT2D eigenvalue weighted by Crippen LogP contribution is 2.15. The van der Waals surface area contributed by atoms with Gasteiger partial charge in [-0.05, 0) is 48.5 Å². The fraction of sp³-hybridized carbons (Fsp3) is 0.133. The number of hydrogen-bond donors (Lipinski definition) is 4. The highest BCUT2D eigenvalue weighted by atomic mass is 16.3. The number of benzene rings is 2. The molecule has 0 radical (unpaired) electrons. The maximum absolute atomic E-state index is 10.9. The number of hydrogen-bond acceptors (Lipinski definition) is 4. The molecule has 0 aromatic heterocycles. The third-order valence-electron chi connectivity index (χ3n) is 2.66. The second-order valence-electron chi connectivity index (χ2n) is 4.34. The third-order valence-corrected chi connectivity index (χ3v) is 2.66. The summed E-state index contributed by atoms with van der Waals surface area (Å²) in [5.41, 5.74) is 2.64. The topological polar surface area (TPSA) is 73.4 Å². The van der Waals surface area contributed by atoms with Crippen LogP contribution in [0.4, 0.5) is 17.1 Å². The summed E-state index contributed by atoms with van der Waals surface area (Å²) in [6.07, 6.45) is 0. The van der Waals surface area contributed by atoms with Gasteiger partial charge in [0.2, 0.25) is 5.91 Å². The van der Waals surface area contributed by atoms with Gasteiger partial charge in [0.15, 0.2) is 0 Å². The van der Waals surface area contributed by atoms with E-state index < -0.39 is 0 Å². The fourth-order valence-corrected chi connectivity index (χ4v) is 1.70. The Morgan fingerprint density at radius 1 is 0.900 bits per heavy atom. The molecule has 0 saturated carbocycles. The summed E-state index contributed by atoms with van der Waals surface area (Å²) in [5, 5.41) is 18.3. The molecule has 0 aliphatic rings. The molecule has 0 fully saturated rings. The standard InChI is InChI=1S/C15H17N3O2/c1-11(19)18-14-4-2-12(3-5-14)16-10-17-13-6-8-15(20)9-7-13/h2-9,16-17,20H,10H2,1H3,(H,18,19). The Morgan fingerprint density at radius 2 is 1.35 bits per heavy atom. The van der Waals surface area contributed by atoms with E-state index in [1.807, 2.05) is 24.3 Å². The minimum absolute atomic E-state index is 0.0836. The van der Waals surface area contributed by atoms with E-state index in [0.717, 1.165) is 17.1 Å². The van der Waals surface area contributed by atoms with E-state index in [0.29, 0.717) is 6.67 Å². The van der Waals surface area contributed by atoms with Crippen LogP contribution in [0.5, 0.6) is 5.75 Å². The lowest BCUT2D eigenvalue weighted by Gasteiger charge is -2.10. The van der Waals surface area contributed by atoms with Gasteiger partial charge in [0.05, 0.1) is 6.67 Å². The summed E-state index contributed by atoms with van der Waals surface area (Å²) in [6, 6.07) is 14.3. The molecule has 0 aliphatic heterocycles. The van der Waals surface area contributed by atoms with Crippen molar-refractivity contribution in [2.45, 2.75) is 6.92 Å². The largest absolute Gasteiger partial charge is 0.508 e. The van der Waals surface area contributed by atoms with E-state index in [1.165, 1.54) is 6.92 Å². The van der Waals surface area contributed by atoms with Crippen LogP contribution in [-0.2, 0) is 4.79 Å². The fourth-order valence-electron chi connectivity index (χ4n) is 1.70. The molecule has 2 aromatic carbocycles. The average Bonchev–Trinajstić information content (AvgIpc) is 2.42. The second-order valence-corrected chi connectivity index (χ2v) is 4.34. The Bertz CT molecular complexity index is 565. The molecular weight excluding hydrogens is 254 g/mol. The SMILES string of the molecule is CC(=O)Nc1ccc(NCNc2ccc(O)cc2)cc1. The van der Waals surface area contributed by atoms with Gasteiger partial charge in [0, 0.05) is 24.0 Å². The Balaban J connectivity index is 1.82. The van der Waals surface area contributed by atoms with Gasteiger partial charge in [-0.15, -0.1) is 0 Å². The molecule has 0 heterocycles. The van der Waals surface area contributed by atoms with Gasteiger partial charge in [-0.25, -0.2) is 0 Å². The van der Waals surface area contributed by atoms with Crippen LogP contribution < -0.4 is 16.0 Å². The summed E-state index contributed by atoms with van der Waals surface area (Å²) in [6.45, 7) is 2.04. The zero-order valence-corrected chi connectivity index (χ0v) is 11.2. The maximum Gasteiger partial charge on any atom is 0.221 e. The van der Waals surface area contributed by atoms with Crippen molar-refractivity contribution in [3.05, 3.63) is 48.5 Å². The summed E-state index contributed by atoms with van der Waals surface area (Å²) < 4.78 is 0. The number of phenols is 1. The monoisotopic (exact) mass is 271 g/mol. The minimum Gasteiger partial charge on any atom is -0.508 e. The van der Waals surface area contributed by atoms with Crippen LogP contribution >= 0.6 is 0 Å². The summed E-state index contributed by atoms with van der Waals surface area (Å²) in [5.74, 6) is 0.164. The third kappa shape index (κ3) is 4.20. The Kier molecular flexibility index (Phi) is 4.44. The lowest BCUT2D eigenvalue weighted by molar-refractivity contribution is -0.114. The predicted molar refractivity (Wildman–Crippen MR) is 81.0 cm³/mol. The molecule has 2 rings (SSSR count). The molecule has 1 amide bonds. The lowest BCUT2D eigenvalue weighted by atomic mass is 10.3. The molecular formula is C15H17N3O2. The summed E-state index contributed by atoms with van der Waals surface area (Å²) in [7, 11) is 0. The van der Waals surface area contributed by atoms with Gasteiger partial charge < -0.3 is 21.1 Å². The molecule has 2 aromatic rings. The molecule has 0 aliphatic carbocycles. The molecule has 0 unspecified atom stereocenters. The first-order valence-corrected chi connectivity index (χ1v) is 6.28. The molecule has 0 bridgehead atoms. The number of aromatic hydroxyl groups is 1. The highest BCUT2D eigenvalue weighted by Gasteiger charge is 1.96. The zero-order chi connectivity index (χ0) is 14.4. The van der Waals surface area contributed by atoms with Crippen LogP contribution in [0.2, 0.25) is 0 Å². The molecule has 0 atom stereocenters. The molecule has 5 nitrogen and oxygen atoms in total. The van der Waals surface area contributed by atoms with E-state index in [1.54, 1.807) is 24.3 Å². The van der Waals surface area contributed by atoms with Crippen molar-refractivity contribution in [1.82, 2.24) is 0 Å². The Morgan fingerprint density at radius 3 is 1.85 bits per heavy atom. The minimum atomic E-state index is -0.0836. The van der Waals surface area contributed by atoms with Crippen molar-refractivity contribution in [3.63, 3.8) is 0 Å². The summed E-state index contributed by atoms with van der Waals surface area (Å²) in [4.78, 5) is 10.9. The normalized spacial score (nSPS) is 9.85. The second kappa shape index (κ2) is 6.47. The first-order chi connectivity index (χ1) is 9.63. The van der Waals surface area contributed by atoms with Crippen molar-refractivity contribution in [2.24, 2.45) is 0 Å². The van der Waals surface area contributed by atoms with E-state index in [2.05, 4.69) is 16.0 Å². The van der Waals surface area contributed by atoms with Gasteiger partial charge in [-0.1, -0.05) is 0 Å². The van der Waals surface area contributed by atoms with Gasteiger partial charge in [-0.2, -0.15) is 0 Å². The van der Waals surface area contributed by atoms with E-state index in [4.69, 9.17) is 0 Å². The van der Waals surface area contributed by atoms with Crippen molar-refractivity contribution in [1.29, 1.82) is 0 Å². The van der Waals surface area contributed by atoms with Gasteiger partial charge in [-0.3, -0.25) is 4.79 Å². The number of nitrogens with one attached hydrogen (secondary N) is 3. The van der Waals surface area contributed by atoms with E-state index >= 15 is 0 Å². The molecule has 0 spiro atoms. The smallest absolute Gasteiger partial charge is 0.221 e. The zero-order valence-electron chi connectivity index (χ0n) is 11.2. The van der Waals surface area contributed by atoms with Crippen LogP contribution in [0.3, 0.4) is 0 Å². The number of rotatable bonds is 5. The van der Waals surface area contributed by atoms with Crippen molar-refractivity contribution in [2.75, 3.05) is 22.6 Å². The van der Waals surface area contributed by atoms with Crippen molar-refractivity contribution < 1.29 is 9.90 Å². The van der Waals surface area contributed by atoms with Gasteiger partial charge in [0.1, 0.15) is 5.75 Å². The van der Waals surface area contributed by atoms with Crippen LogP contribution in [0.15, 0.2) is 48.5 Å². The van der Waals surface area contributed by atoms with Crippen LogP contribution in [0.1, 0.15) is 6.92 Å². The predicted octanol–water partition coefficient (Wildman–Crippen LogP) is 2.83. The quantitative estimate of drug-likeness (QED) is 0.498. The molecule has 0 saturated heterocycles. The Hall–Kier alpha value is -2.69. The van der Waals surface area contributed by atoms with Crippen molar-refractivity contribution in [3.8, 4) is 5.75 Å². The number of phenolic OH excluding ortho intramolecular Hbond substituents is 1. The Labute approximate surface area is 117 Å². The molecule has 4 N–H and O–H groups in total.